The molecule has 0 aliphatic rings. The Morgan fingerprint density at radius 2 is 1.82 bits per heavy atom. The lowest BCUT2D eigenvalue weighted by molar-refractivity contribution is -0.141. The molecule has 1 N–H and O–H groups in total. The third-order valence-electron chi connectivity index (χ3n) is 3.47. The molecule has 1 atom stereocenters. The van der Waals surface area contributed by atoms with E-state index in [9.17, 15) is 9.59 Å². The molecule has 0 aliphatic carbocycles. The molecule has 0 saturated heterocycles. The van der Waals surface area contributed by atoms with Gasteiger partial charge >= 0.3 is 0 Å². The van der Waals surface area contributed by atoms with E-state index < -0.39 is 6.04 Å². The Morgan fingerprint density at radius 1 is 1.18 bits per heavy atom. The number of amides is 2. The molecule has 0 aliphatic heterocycles. The van der Waals surface area contributed by atoms with E-state index in [1.165, 1.54) is 0 Å². The summed E-state index contributed by atoms with van der Waals surface area (Å²) in [7, 11) is 0. The number of rotatable bonds is 8. The molecule has 1 aromatic rings. The number of nitrogens with zero attached hydrogens (tertiary/aromatic N) is 1. The highest BCUT2D eigenvalue weighted by atomic mass is 35.5. The average molecular weight is 325 g/mol. The molecule has 0 fully saturated rings. The van der Waals surface area contributed by atoms with E-state index >= 15 is 0 Å². The van der Waals surface area contributed by atoms with E-state index in [0.717, 1.165) is 12.0 Å². The number of likely N-dealkylation sites (N-methyl/N-ethyl adjacent to an activating group) is 1. The summed E-state index contributed by atoms with van der Waals surface area (Å²) in [4.78, 5) is 26.4. The fourth-order valence-corrected chi connectivity index (χ4v) is 2.48. The van der Waals surface area contributed by atoms with E-state index in [0.29, 0.717) is 31.0 Å². The minimum Gasteiger partial charge on any atom is -0.355 e. The van der Waals surface area contributed by atoms with Gasteiger partial charge in [0.1, 0.15) is 6.04 Å². The van der Waals surface area contributed by atoms with Gasteiger partial charge in [0.15, 0.2) is 0 Å². The summed E-state index contributed by atoms with van der Waals surface area (Å²) in [6, 6.07) is 6.94. The third-order valence-corrected chi connectivity index (χ3v) is 3.72. The summed E-state index contributed by atoms with van der Waals surface area (Å²) in [6.45, 7) is 6.75. The molecule has 0 saturated carbocycles. The van der Waals surface area contributed by atoms with E-state index in [1.807, 2.05) is 32.9 Å². The highest BCUT2D eigenvalue weighted by Gasteiger charge is 2.27. The molecular weight excluding hydrogens is 300 g/mol. The number of hydrogen-bond acceptors (Lipinski definition) is 2. The number of carbonyl (C=O) groups excluding carboxylic acids is 2. The SMILES string of the molecule is CCCC(=O)N(Cc1ccc(Cl)cc1)C(CC)C(=O)NCC. The molecule has 1 aromatic carbocycles. The molecule has 2 amide bonds. The lowest BCUT2D eigenvalue weighted by Gasteiger charge is -2.30. The first kappa shape index (κ1) is 18.5. The lowest BCUT2D eigenvalue weighted by atomic mass is 10.1. The Kier molecular flexibility index (Phi) is 7.96. The molecule has 4 nitrogen and oxygen atoms in total. The topological polar surface area (TPSA) is 49.4 Å². The van der Waals surface area contributed by atoms with E-state index in [-0.39, 0.29) is 11.8 Å². The van der Waals surface area contributed by atoms with Gasteiger partial charge in [-0.15, -0.1) is 0 Å². The summed E-state index contributed by atoms with van der Waals surface area (Å²) in [5.41, 5.74) is 0.969. The molecule has 1 unspecified atom stereocenters. The van der Waals surface area contributed by atoms with Crippen molar-refractivity contribution >= 4 is 23.4 Å². The van der Waals surface area contributed by atoms with Crippen LogP contribution in [-0.4, -0.2) is 29.3 Å². The van der Waals surface area contributed by atoms with Crippen LogP contribution in [0.25, 0.3) is 0 Å². The van der Waals surface area contributed by atoms with Crippen LogP contribution in [-0.2, 0) is 16.1 Å². The van der Waals surface area contributed by atoms with Crippen molar-refractivity contribution in [2.75, 3.05) is 6.54 Å². The number of halogens is 1. The molecule has 22 heavy (non-hydrogen) atoms. The van der Waals surface area contributed by atoms with Gasteiger partial charge in [-0.25, -0.2) is 0 Å². The van der Waals surface area contributed by atoms with Gasteiger partial charge in [-0.2, -0.15) is 0 Å². The molecular formula is C17H25ClN2O2. The zero-order valence-electron chi connectivity index (χ0n) is 13.6. The molecule has 122 valence electrons. The van der Waals surface area contributed by atoms with Crippen molar-refractivity contribution in [2.24, 2.45) is 0 Å². The maximum atomic E-state index is 12.4. The van der Waals surface area contributed by atoms with Crippen molar-refractivity contribution in [1.82, 2.24) is 10.2 Å². The van der Waals surface area contributed by atoms with Gasteiger partial charge in [-0.05, 0) is 37.5 Å². The fraction of sp³-hybridized carbons (Fsp3) is 0.529. The first-order chi connectivity index (χ1) is 10.5. The van der Waals surface area contributed by atoms with Crippen molar-refractivity contribution < 1.29 is 9.59 Å². The molecule has 0 aromatic heterocycles. The minimum absolute atomic E-state index is 0.00977. The van der Waals surface area contributed by atoms with E-state index in [4.69, 9.17) is 11.6 Å². The predicted molar refractivity (Wildman–Crippen MR) is 89.7 cm³/mol. The first-order valence-electron chi connectivity index (χ1n) is 7.85. The maximum absolute atomic E-state index is 12.4. The normalized spacial score (nSPS) is 11.8. The summed E-state index contributed by atoms with van der Waals surface area (Å²) < 4.78 is 0. The average Bonchev–Trinajstić information content (AvgIpc) is 2.49. The van der Waals surface area contributed by atoms with Crippen molar-refractivity contribution in [1.29, 1.82) is 0 Å². The minimum atomic E-state index is -0.435. The Bertz CT molecular complexity index is 488. The van der Waals surface area contributed by atoms with Crippen LogP contribution in [0.3, 0.4) is 0 Å². The van der Waals surface area contributed by atoms with Gasteiger partial charge < -0.3 is 10.2 Å². The van der Waals surface area contributed by atoms with Crippen LogP contribution in [0.1, 0.15) is 45.6 Å². The second-order valence-electron chi connectivity index (χ2n) is 5.22. The van der Waals surface area contributed by atoms with Crippen LogP contribution in [0.2, 0.25) is 5.02 Å². The zero-order valence-corrected chi connectivity index (χ0v) is 14.3. The third kappa shape index (κ3) is 5.34. The number of benzene rings is 1. The van der Waals surface area contributed by atoms with Crippen LogP contribution < -0.4 is 5.32 Å². The van der Waals surface area contributed by atoms with Crippen molar-refractivity contribution in [3.8, 4) is 0 Å². The smallest absolute Gasteiger partial charge is 0.242 e. The van der Waals surface area contributed by atoms with Gasteiger partial charge in [0.05, 0.1) is 0 Å². The Hall–Kier alpha value is -1.55. The van der Waals surface area contributed by atoms with Crippen molar-refractivity contribution in [3.63, 3.8) is 0 Å². The van der Waals surface area contributed by atoms with Gasteiger partial charge in [0.25, 0.3) is 0 Å². The fourth-order valence-electron chi connectivity index (χ4n) is 2.36. The second-order valence-corrected chi connectivity index (χ2v) is 5.65. The number of hydrogen-bond donors (Lipinski definition) is 1. The molecule has 5 heteroatoms. The quantitative estimate of drug-likeness (QED) is 0.797. The summed E-state index contributed by atoms with van der Waals surface area (Å²) >= 11 is 5.90. The molecule has 0 heterocycles. The number of nitrogens with one attached hydrogen (secondary N) is 1. The standard InChI is InChI=1S/C17H25ClN2O2/c1-4-7-16(21)20(15(5-2)17(22)19-6-3)12-13-8-10-14(18)11-9-13/h8-11,15H,4-7,12H2,1-3H3,(H,19,22). The monoisotopic (exact) mass is 324 g/mol. The maximum Gasteiger partial charge on any atom is 0.242 e. The Balaban J connectivity index is 2.97. The van der Waals surface area contributed by atoms with Crippen LogP contribution in [0, 0.1) is 0 Å². The summed E-state index contributed by atoms with van der Waals surface area (Å²) in [6.07, 6.45) is 1.81. The van der Waals surface area contributed by atoms with Gasteiger partial charge in [-0.3, -0.25) is 9.59 Å². The van der Waals surface area contributed by atoms with E-state index in [2.05, 4.69) is 5.32 Å². The Morgan fingerprint density at radius 3 is 2.32 bits per heavy atom. The van der Waals surface area contributed by atoms with Gasteiger partial charge in [0, 0.05) is 24.5 Å². The van der Waals surface area contributed by atoms with Crippen LogP contribution in [0.15, 0.2) is 24.3 Å². The molecule has 0 radical (unpaired) electrons. The molecule has 0 bridgehead atoms. The van der Waals surface area contributed by atoms with Crippen LogP contribution in [0.5, 0.6) is 0 Å². The highest BCUT2D eigenvalue weighted by molar-refractivity contribution is 6.30. The second kappa shape index (κ2) is 9.46. The van der Waals surface area contributed by atoms with Gasteiger partial charge in [0.2, 0.25) is 11.8 Å². The first-order valence-corrected chi connectivity index (χ1v) is 8.22. The van der Waals surface area contributed by atoms with Crippen LogP contribution >= 0.6 is 11.6 Å². The van der Waals surface area contributed by atoms with Crippen molar-refractivity contribution in [3.05, 3.63) is 34.9 Å². The number of carbonyl (C=O) groups is 2. The molecule has 1 rings (SSSR count). The highest BCUT2D eigenvalue weighted by Crippen LogP contribution is 2.16. The Labute approximate surface area is 137 Å². The van der Waals surface area contributed by atoms with E-state index in [1.54, 1.807) is 17.0 Å². The van der Waals surface area contributed by atoms with Crippen molar-refractivity contribution in [2.45, 2.75) is 52.6 Å². The predicted octanol–water partition coefficient (Wildman–Crippen LogP) is 3.38. The molecule has 0 spiro atoms. The summed E-state index contributed by atoms with van der Waals surface area (Å²) in [5, 5.41) is 3.47. The van der Waals surface area contributed by atoms with Crippen LogP contribution in [0.4, 0.5) is 0 Å². The lowest BCUT2D eigenvalue weighted by Crippen LogP contribution is -2.48. The zero-order chi connectivity index (χ0) is 16.5. The largest absolute Gasteiger partial charge is 0.355 e. The summed E-state index contributed by atoms with van der Waals surface area (Å²) in [5.74, 6) is -0.0843. The van der Waals surface area contributed by atoms with Gasteiger partial charge in [-0.1, -0.05) is 37.6 Å².